The fourth-order valence-electron chi connectivity index (χ4n) is 2.71. The van der Waals surface area contributed by atoms with Crippen LogP contribution >= 0.6 is 23.5 Å². The van der Waals surface area contributed by atoms with Gasteiger partial charge in [-0.1, -0.05) is 0 Å². The highest BCUT2D eigenvalue weighted by Crippen LogP contribution is 2.48. The molecule has 0 unspecified atom stereocenters. The van der Waals surface area contributed by atoms with Crippen LogP contribution in [0.15, 0.2) is 34.1 Å². The van der Waals surface area contributed by atoms with Crippen LogP contribution in [0.1, 0.15) is 41.4 Å². The van der Waals surface area contributed by atoms with E-state index in [-0.39, 0.29) is 12.1 Å². The Morgan fingerprint density at radius 2 is 0.765 bits per heavy atom. The quantitative estimate of drug-likeness (QED) is 0.272. The molecule has 2 rings (SSSR count). The molecular formula is C18H8F6O8S2. The summed E-state index contributed by atoms with van der Waals surface area (Å²) < 4.78 is 78.7. The van der Waals surface area contributed by atoms with Gasteiger partial charge in [0.2, 0.25) is 0 Å². The van der Waals surface area contributed by atoms with Gasteiger partial charge in [0.25, 0.3) is 0 Å². The minimum Gasteiger partial charge on any atom is -0.478 e. The van der Waals surface area contributed by atoms with E-state index in [0.717, 1.165) is 0 Å². The monoisotopic (exact) mass is 530 g/mol. The van der Waals surface area contributed by atoms with Crippen LogP contribution in [0.25, 0.3) is 11.1 Å². The van der Waals surface area contributed by atoms with Crippen molar-refractivity contribution in [2.75, 3.05) is 0 Å². The van der Waals surface area contributed by atoms with E-state index in [1.165, 1.54) is 0 Å². The zero-order valence-electron chi connectivity index (χ0n) is 15.8. The van der Waals surface area contributed by atoms with Crippen LogP contribution < -0.4 is 0 Å². The zero-order chi connectivity index (χ0) is 26.2. The third-order valence-corrected chi connectivity index (χ3v) is 5.48. The standard InChI is InChI=1S/C18H8F6O8S2/c19-17(20,21)33-11-3-9(15(29)30)7(13(25)26)1-5(11)6-2-8(14(27)28)10(16(31)32)4-12(6)34-18(22,23)24/h1-4H,(H,25,26)(H,27,28)(H,29,30)(H,31,32). The van der Waals surface area contributed by atoms with Gasteiger partial charge in [0.15, 0.2) is 0 Å². The van der Waals surface area contributed by atoms with Crippen molar-refractivity contribution in [1.82, 2.24) is 0 Å². The lowest BCUT2D eigenvalue weighted by atomic mass is 9.95. The van der Waals surface area contributed by atoms with Crippen molar-refractivity contribution >= 4 is 47.4 Å². The summed E-state index contributed by atoms with van der Waals surface area (Å²) in [5, 5.41) is 36.9. The van der Waals surface area contributed by atoms with E-state index in [1.807, 2.05) is 0 Å². The molecule has 0 radical (unpaired) electrons. The minimum atomic E-state index is -5.12. The number of alkyl halides is 6. The zero-order valence-corrected chi connectivity index (χ0v) is 17.4. The van der Waals surface area contributed by atoms with Gasteiger partial charge in [0, 0.05) is 9.79 Å². The summed E-state index contributed by atoms with van der Waals surface area (Å²) in [6, 6.07) is 1.24. The number of carboxylic acid groups (broad SMARTS) is 4. The number of thioether (sulfide) groups is 2. The highest BCUT2D eigenvalue weighted by atomic mass is 32.2. The van der Waals surface area contributed by atoms with E-state index in [4.69, 9.17) is 0 Å². The van der Waals surface area contributed by atoms with Crippen molar-refractivity contribution in [3.63, 3.8) is 0 Å². The molecule has 0 fully saturated rings. The Hall–Kier alpha value is -3.40. The molecular weight excluding hydrogens is 522 g/mol. The molecule has 2 aromatic carbocycles. The summed E-state index contributed by atoms with van der Waals surface area (Å²) in [7, 11) is 0. The second-order valence-electron chi connectivity index (χ2n) is 6.10. The first-order valence-corrected chi connectivity index (χ1v) is 9.85. The molecule has 8 nitrogen and oxygen atoms in total. The largest absolute Gasteiger partial charge is 0.478 e. The van der Waals surface area contributed by atoms with Crippen molar-refractivity contribution in [1.29, 1.82) is 0 Å². The lowest BCUT2D eigenvalue weighted by molar-refractivity contribution is -0.0337. The van der Waals surface area contributed by atoms with Gasteiger partial charge in [-0.25, -0.2) is 19.2 Å². The van der Waals surface area contributed by atoms with Crippen molar-refractivity contribution in [3.8, 4) is 11.1 Å². The number of aromatic carboxylic acids is 4. The van der Waals surface area contributed by atoms with Gasteiger partial charge in [0.05, 0.1) is 22.3 Å². The first-order valence-electron chi connectivity index (χ1n) is 8.22. The second kappa shape index (κ2) is 9.46. The van der Waals surface area contributed by atoms with E-state index in [0.29, 0.717) is 12.1 Å². The molecule has 0 bridgehead atoms. The van der Waals surface area contributed by atoms with Gasteiger partial charge < -0.3 is 20.4 Å². The summed E-state index contributed by atoms with van der Waals surface area (Å²) in [6.07, 6.45) is 0. The van der Waals surface area contributed by atoms with Crippen LogP contribution in [0.3, 0.4) is 0 Å². The lowest BCUT2D eigenvalue weighted by Crippen LogP contribution is -2.12. The van der Waals surface area contributed by atoms with E-state index >= 15 is 0 Å². The second-order valence-corrected chi connectivity index (χ2v) is 8.32. The Kier molecular flexibility index (Phi) is 7.47. The number of carbonyl (C=O) groups is 4. The number of halogens is 6. The van der Waals surface area contributed by atoms with Gasteiger partial charge in [-0.05, 0) is 58.9 Å². The Balaban J connectivity index is 3.06. The molecule has 182 valence electrons. The highest BCUT2D eigenvalue weighted by molar-refractivity contribution is 8.00. The molecule has 0 aliphatic heterocycles. The molecule has 2 aromatic rings. The molecule has 16 heteroatoms. The number of hydrogen-bond donors (Lipinski definition) is 4. The first kappa shape index (κ1) is 26.8. The third-order valence-electron chi connectivity index (χ3n) is 3.90. The normalized spacial score (nSPS) is 11.8. The number of carboxylic acids is 4. The Morgan fingerprint density at radius 1 is 0.529 bits per heavy atom. The number of benzene rings is 2. The smallest absolute Gasteiger partial charge is 0.446 e. The summed E-state index contributed by atoms with van der Waals surface area (Å²) in [6.45, 7) is 0. The third kappa shape index (κ3) is 6.34. The van der Waals surface area contributed by atoms with E-state index in [1.54, 1.807) is 0 Å². The summed E-state index contributed by atoms with van der Waals surface area (Å²) in [5.41, 5.74) is -16.5. The van der Waals surface area contributed by atoms with Crippen molar-refractivity contribution in [2.45, 2.75) is 20.8 Å². The Bertz CT molecular complexity index is 1110. The molecule has 0 saturated carbocycles. The average Bonchev–Trinajstić information content (AvgIpc) is 2.64. The molecule has 0 atom stereocenters. The van der Waals surface area contributed by atoms with Crippen molar-refractivity contribution in [2.24, 2.45) is 0 Å². The van der Waals surface area contributed by atoms with Crippen LogP contribution in [-0.4, -0.2) is 55.3 Å². The maximum absolute atomic E-state index is 13.1. The first-order chi connectivity index (χ1) is 15.4. The SMILES string of the molecule is O=C(O)c1cc(SC(F)(F)F)c(-c2cc(C(=O)O)c(C(=O)O)cc2SC(F)(F)F)cc1C(=O)O. The van der Waals surface area contributed by atoms with Gasteiger partial charge in [0.1, 0.15) is 0 Å². The van der Waals surface area contributed by atoms with E-state index in [2.05, 4.69) is 0 Å². The molecule has 0 aliphatic rings. The molecule has 34 heavy (non-hydrogen) atoms. The summed E-state index contributed by atoms with van der Waals surface area (Å²) in [5.74, 6) is -7.81. The fraction of sp³-hybridized carbons (Fsp3) is 0.111. The molecule has 0 aliphatic carbocycles. The van der Waals surface area contributed by atoms with Crippen LogP contribution in [0.4, 0.5) is 26.3 Å². The minimum absolute atomic E-state index is 0.271. The lowest BCUT2D eigenvalue weighted by Gasteiger charge is -2.18. The Morgan fingerprint density at radius 3 is 0.971 bits per heavy atom. The maximum Gasteiger partial charge on any atom is 0.446 e. The number of hydrogen-bond acceptors (Lipinski definition) is 6. The van der Waals surface area contributed by atoms with Gasteiger partial charge in [-0.15, -0.1) is 0 Å². The van der Waals surface area contributed by atoms with Crippen LogP contribution in [0.5, 0.6) is 0 Å². The average molecular weight is 530 g/mol. The number of rotatable bonds is 7. The molecule has 4 N–H and O–H groups in total. The van der Waals surface area contributed by atoms with Crippen LogP contribution in [0, 0.1) is 0 Å². The van der Waals surface area contributed by atoms with Gasteiger partial charge in [-0.3, -0.25) is 0 Å². The van der Waals surface area contributed by atoms with E-state index < -0.39 is 102 Å². The van der Waals surface area contributed by atoms with Crippen LogP contribution in [0.2, 0.25) is 0 Å². The molecule has 0 spiro atoms. The topological polar surface area (TPSA) is 149 Å². The van der Waals surface area contributed by atoms with Crippen LogP contribution in [-0.2, 0) is 0 Å². The summed E-state index contributed by atoms with van der Waals surface area (Å²) >= 11 is -1.97. The van der Waals surface area contributed by atoms with Gasteiger partial charge >= 0.3 is 34.9 Å². The highest BCUT2D eigenvalue weighted by Gasteiger charge is 2.36. The fourth-order valence-corrected chi connectivity index (χ4v) is 4.12. The molecule has 0 saturated heterocycles. The maximum atomic E-state index is 13.1. The van der Waals surface area contributed by atoms with Crippen molar-refractivity contribution in [3.05, 3.63) is 46.5 Å². The predicted octanol–water partition coefficient (Wildman–Crippen LogP) is 5.37. The molecule has 0 amide bonds. The summed E-state index contributed by atoms with van der Waals surface area (Å²) in [4.78, 5) is 43.6. The van der Waals surface area contributed by atoms with E-state index in [9.17, 15) is 65.9 Å². The molecule has 0 heterocycles. The van der Waals surface area contributed by atoms with Crippen molar-refractivity contribution < 1.29 is 65.9 Å². The predicted molar refractivity (Wildman–Crippen MR) is 104 cm³/mol. The van der Waals surface area contributed by atoms with Gasteiger partial charge in [-0.2, -0.15) is 26.3 Å². The Labute approximate surface area is 192 Å². The molecule has 0 aromatic heterocycles.